The second-order valence-corrected chi connectivity index (χ2v) is 7.95. The van der Waals surface area contributed by atoms with Gasteiger partial charge in [-0.2, -0.15) is 0 Å². The topological polar surface area (TPSA) is 24.9 Å². The number of aromatic nitrogens is 1. The third kappa shape index (κ3) is 3.72. The molecule has 0 aromatic carbocycles. The Morgan fingerprint density at radius 1 is 1.44 bits per heavy atom. The van der Waals surface area contributed by atoms with E-state index >= 15 is 0 Å². The van der Waals surface area contributed by atoms with E-state index in [0.29, 0.717) is 16.7 Å². The number of nitrogens with one attached hydrogen (secondary N) is 1. The molecule has 2 nitrogen and oxygen atoms in total. The van der Waals surface area contributed by atoms with E-state index in [1.165, 1.54) is 19.3 Å². The van der Waals surface area contributed by atoms with Gasteiger partial charge in [0.1, 0.15) is 0 Å². The van der Waals surface area contributed by atoms with E-state index in [2.05, 4.69) is 59.3 Å². The van der Waals surface area contributed by atoms with Crippen molar-refractivity contribution < 1.29 is 0 Å². The minimum atomic E-state index is 0.459. The van der Waals surface area contributed by atoms with E-state index in [0.717, 1.165) is 9.50 Å². The molecule has 1 aromatic rings. The summed E-state index contributed by atoms with van der Waals surface area (Å²) < 4.78 is 1.04. The Balaban J connectivity index is 2.07. The first-order chi connectivity index (χ1) is 8.50. The quantitative estimate of drug-likeness (QED) is 0.904. The average molecular weight is 329 g/mol. The summed E-state index contributed by atoms with van der Waals surface area (Å²) in [6.45, 7) is 4.75. The molecule has 1 aliphatic carbocycles. The molecule has 4 heteroatoms. The first-order valence-corrected chi connectivity index (χ1v) is 8.13. The number of pyridine rings is 1. The lowest BCUT2D eigenvalue weighted by molar-refractivity contribution is 0.218. The van der Waals surface area contributed by atoms with E-state index in [9.17, 15) is 0 Å². The number of thioether (sulfide) groups is 1. The average Bonchev–Trinajstić information content (AvgIpc) is 2.31. The summed E-state index contributed by atoms with van der Waals surface area (Å²) in [6, 6.07) is 4.77. The van der Waals surface area contributed by atoms with Gasteiger partial charge in [0.2, 0.25) is 0 Å². The summed E-state index contributed by atoms with van der Waals surface area (Å²) >= 11 is 5.34. The minimum absolute atomic E-state index is 0.459. The molecular weight excluding hydrogens is 308 g/mol. The van der Waals surface area contributed by atoms with Crippen LogP contribution in [0, 0.1) is 5.41 Å². The van der Waals surface area contributed by atoms with Crippen LogP contribution in [0.2, 0.25) is 0 Å². The molecular formula is C14H21BrN2S. The highest BCUT2D eigenvalue weighted by Crippen LogP contribution is 2.42. The molecule has 1 fully saturated rings. The maximum atomic E-state index is 4.48. The zero-order chi connectivity index (χ0) is 13.2. The smallest absolute Gasteiger partial charge is 0.0963 e. The van der Waals surface area contributed by atoms with E-state index < -0.39 is 0 Å². The first-order valence-electron chi connectivity index (χ1n) is 6.46. The molecule has 2 rings (SSSR count). The minimum Gasteiger partial charge on any atom is -0.316 e. The molecule has 18 heavy (non-hydrogen) atoms. The Kier molecular flexibility index (Phi) is 4.73. The van der Waals surface area contributed by atoms with Crippen molar-refractivity contribution in [1.29, 1.82) is 0 Å². The van der Waals surface area contributed by atoms with Crippen molar-refractivity contribution in [3.63, 3.8) is 0 Å². The fourth-order valence-corrected chi connectivity index (χ4v) is 4.34. The molecule has 0 spiro atoms. The maximum Gasteiger partial charge on any atom is 0.0963 e. The fourth-order valence-electron chi connectivity index (χ4n) is 2.56. The fraction of sp³-hybridized carbons (Fsp3) is 0.643. The van der Waals surface area contributed by atoms with Gasteiger partial charge < -0.3 is 5.32 Å². The SMILES string of the molecule is CNC1CCC(C)(C)CC1Sc1ccc(Br)cn1. The van der Waals surface area contributed by atoms with Gasteiger partial charge in [-0.25, -0.2) is 4.98 Å². The first kappa shape index (κ1) is 14.4. The van der Waals surface area contributed by atoms with Gasteiger partial charge in [-0.05, 0) is 59.8 Å². The predicted molar refractivity (Wildman–Crippen MR) is 82.1 cm³/mol. The summed E-state index contributed by atoms with van der Waals surface area (Å²) in [6.07, 6.45) is 5.70. The molecule has 0 aliphatic heterocycles. The second-order valence-electron chi connectivity index (χ2n) is 5.77. The van der Waals surface area contributed by atoms with Crippen molar-refractivity contribution in [2.75, 3.05) is 7.05 Å². The van der Waals surface area contributed by atoms with Gasteiger partial charge in [-0.15, -0.1) is 11.8 Å². The van der Waals surface area contributed by atoms with E-state index in [1.54, 1.807) is 0 Å². The van der Waals surface area contributed by atoms with Crippen LogP contribution in [-0.2, 0) is 0 Å². The van der Waals surface area contributed by atoms with Gasteiger partial charge in [-0.1, -0.05) is 13.8 Å². The van der Waals surface area contributed by atoms with Crippen LogP contribution in [0.25, 0.3) is 0 Å². The van der Waals surface area contributed by atoms with Crippen LogP contribution < -0.4 is 5.32 Å². The van der Waals surface area contributed by atoms with Crippen LogP contribution in [0.1, 0.15) is 33.1 Å². The normalized spacial score (nSPS) is 27.1. The molecule has 2 atom stereocenters. The molecule has 0 bridgehead atoms. The van der Waals surface area contributed by atoms with Crippen LogP contribution in [0.5, 0.6) is 0 Å². The van der Waals surface area contributed by atoms with Crippen molar-refractivity contribution >= 4 is 27.7 Å². The summed E-state index contributed by atoms with van der Waals surface area (Å²) in [4.78, 5) is 4.48. The van der Waals surface area contributed by atoms with E-state index in [-0.39, 0.29) is 0 Å². The number of hydrogen-bond donors (Lipinski definition) is 1. The summed E-state index contributed by atoms with van der Waals surface area (Å²) in [5.74, 6) is 0. The number of nitrogens with zero attached hydrogens (tertiary/aromatic N) is 1. The third-order valence-electron chi connectivity index (χ3n) is 3.68. The molecule has 1 heterocycles. The molecule has 1 N–H and O–H groups in total. The van der Waals surface area contributed by atoms with Gasteiger partial charge >= 0.3 is 0 Å². The molecule has 2 unspecified atom stereocenters. The lowest BCUT2D eigenvalue weighted by Crippen LogP contribution is -2.43. The summed E-state index contributed by atoms with van der Waals surface area (Å²) in [5, 5.41) is 5.21. The van der Waals surface area contributed by atoms with Gasteiger partial charge in [0, 0.05) is 22.0 Å². The third-order valence-corrected chi connectivity index (χ3v) is 5.43. The van der Waals surface area contributed by atoms with Crippen molar-refractivity contribution in [2.45, 2.75) is 49.4 Å². The van der Waals surface area contributed by atoms with E-state index in [4.69, 9.17) is 0 Å². The highest BCUT2D eigenvalue weighted by atomic mass is 79.9. The lowest BCUT2D eigenvalue weighted by atomic mass is 9.75. The maximum absolute atomic E-state index is 4.48. The standard InChI is InChI=1S/C14H21BrN2S/c1-14(2)7-6-11(16-3)12(8-14)18-13-5-4-10(15)9-17-13/h4-5,9,11-12,16H,6-8H2,1-3H3. The molecule has 1 aliphatic rings. The Morgan fingerprint density at radius 3 is 2.83 bits per heavy atom. The van der Waals surface area contributed by atoms with E-state index in [1.807, 2.05) is 18.0 Å². The Morgan fingerprint density at radius 2 is 2.22 bits per heavy atom. The molecule has 1 saturated carbocycles. The van der Waals surface area contributed by atoms with Gasteiger partial charge in [0.25, 0.3) is 0 Å². The molecule has 100 valence electrons. The number of hydrogen-bond acceptors (Lipinski definition) is 3. The predicted octanol–water partition coefficient (Wildman–Crippen LogP) is 4.10. The highest BCUT2D eigenvalue weighted by molar-refractivity contribution is 9.10. The van der Waals surface area contributed by atoms with Gasteiger partial charge in [-0.3, -0.25) is 0 Å². The Labute approximate surface area is 122 Å². The van der Waals surface area contributed by atoms with Crippen molar-refractivity contribution in [1.82, 2.24) is 10.3 Å². The molecule has 1 aromatic heterocycles. The van der Waals surface area contributed by atoms with Crippen LogP contribution in [0.15, 0.2) is 27.8 Å². The van der Waals surface area contributed by atoms with Gasteiger partial charge in [0.15, 0.2) is 0 Å². The van der Waals surface area contributed by atoms with Crippen molar-refractivity contribution in [3.05, 3.63) is 22.8 Å². The van der Waals surface area contributed by atoms with Crippen molar-refractivity contribution in [2.24, 2.45) is 5.41 Å². The lowest BCUT2D eigenvalue weighted by Gasteiger charge is -2.40. The second kappa shape index (κ2) is 5.93. The highest BCUT2D eigenvalue weighted by Gasteiger charge is 2.34. The molecule has 0 amide bonds. The van der Waals surface area contributed by atoms with Crippen LogP contribution in [0.3, 0.4) is 0 Å². The zero-order valence-corrected chi connectivity index (χ0v) is 13.6. The van der Waals surface area contributed by atoms with Gasteiger partial charge in [0.05, 0.1) is 5.03 Å². The summed E-state index contributed by atoms with van der Waals surface area (Å²) in [7, 11) is 2.07. The monoisotopic (exact) mass is 328 g/mol. The van der Waals surface area contributed by atoms with Crippen LogP contribution in [0.4, 0.5) is 0 Å². The van der Waals surface area contributed by atoms with Crippen LogP contribution >= 0.6 is 27.7 Å². The number of rotatable bonds is 3. The largest absolute Gasteiger partial charge is 0.316 e. The van der Waals surface area contributed by atoms with Crippen molar-refractivity contribution in [3.8, 4) is 0 Å². The molecule has 0 saturated heterocycles. The zero-order valence-electron chi connectivity index (χ0n) is 11.2. The molecule has 0 radical (unpaired) electrons. The summed E-state index contributed by atoms with van der Waals surface area (Å²) in [5.41, 5.74) is 0.459. The Bertz CT molecular complexity index is 391. The Hall–Kier alpha value is -0.0600. The number of halogens is 1. The van der Waals surface area contributed by atoms with Crippen LogP contribution in [-0.4, -0.2) is 23.3 Å².